The van der Waals surface area contributed by atoms with E-state index in [1.54, 1.807) is 22.6 Å². The fourth-order valence-corrected chi connectivity index (χ4v) is 6.24. The van der Waals surface area contributed by atoms with Crippen LogP contribution >= 0.6 is 22.6 Å². The minimum absolute atomic E-state index is 0.00130. The topological polar surface area (TPSA) is 336 Å². The minimum Gasteiger partial charge on any atom is -0.481 e. The Kier molecular flexibility index (Phi) is 19.3. The molecule has 0 fully saturated rings. The lowest BCUT2D eigenvalue weighted by Gasteiger charge is -2.26. The molecule has 0 aromatic heterocycles. The maximum atomic E-state index is 12.1. The van der Waals surface area contributed by atoms with Gasteiger partial charge < -0.3 is 46.0 Å². The zero-order valence-electron chi connectivity index (χ0n) is 25.8. The Morgan fingerprint density at radius 3 is 0.604 bits per heavy atom. The zero-order chi connectivity index (χ0) is 37.5. The highest BCUT2D eigenvalue weighted by Crippen LogP contribution is 2.34. The molecule has 272 valence electrons. The number of aliphatic carboxylic acids is 9. The Labute approximate surface area is 287 Å². The van der Waals surface area contributed by atoms with E-state index in [-0.39, 0.29) is 10.8 Å². The van der Waals surface area contributed by atoms with Crippen LogP contribution in [0.3, 0.4) is 0 Å². The van der Waals surface area contributed by atoms with Crippen LogP contribution < -0.4 is 0 Å². The molecule has 0 bridgehead atoms. The molecule has 0 aliphatic carbocycles. The van der Waals surface area contributed by atoms with Crippen molar-refractivity contribution < 1.29 is 89.1 Å². The minimum atomic E-state index is -1.78. The van der Waals surface area contributed by atoms with Gasteiger partial charge in [0.1, 0.15) is 0 Å². The lowest BCUT2D eigenvalue weighted by atomic mass is 9.77. The number of alkyl halides is 1. The van der Waals surface area contributed by atoms with Crippen molar-refractivity contribution in [3.8, 4) is 0 Å². The van der Waals surface area contributed by atoms with Crippen LogP contribution in [0.15, 0.2) is 0 Å². The third kappa shape index (κ3) is 15.2. The van der Waals surface area contributed by atoms with E-state index in [0.717, 1.165) is 0 Å². The maximum absolute atomic E-state index is 12.1. The van der Waals surface area contributed by atoms with Crippen molar-refractivity contribution in [2.45, 2.75) is 64.7 Å². The van der Waals surface area contributed by atoms with Crippen LogP contribution in [0.4, 0.5) is 0 Å². The molecule has 9 N–H and O–H groups in total. The number of halogens is 1. The first-order chi connectivity index (χ1) is 22.2. The van der Waals surface area contributed by atoms with Crippen LogP contribution in [0.1, 0.15) is 64.7 Å². The molecule has 0 saturated carbocycles. The molecule has 48 heavy (non-hydrogen) atoms. The molecule has 0 aromatic rings. The first-order valence-electron chi connectivity index (χ1n) is 14.8. The SMILES string of the molecule is CCC(CC(CC(CC(CC(CC(CC(CC(CC(CI)C(=O)O)C(=O)O)C(=O)O)C(=O)O)C(=O)O)C(=O)O)C(=O)O)C(=O)O)C(=O)O. The quantitative estimate of drug-likeness (QED) is 0.0424. The van der Waals surface area contributed by atoms with Gasteiger partial charge in [-0.2, -0.15) is 0 Å². The predicted octanol–water partition coefficient (Wildman–Crippen LogP) is 2.26. The summed E-state index contributed by atoms with van der Waals surface area (Å²) in [4.78, 5) is 107. The summed E-state index contributed by atoms with van der Waals surface area (Å²) >= 11 is 1.71. The van der Waals surface area contributed by atoms with Crippen molar-refractivity contribution in [3.63, 3.8) is 0 Å². The number of hydrogen-bond donors (Lipinski definition) is 9. The lowest BCUT2D eigenvalue weighted by Crippen LogP contribution is -2.33. The van der Waals surface area contributed by atoms with Gasteiger partial charge in [0.15, 0.2) is 0 Å². The molecule has 0 aromatic carbocycles. The van der Waals surface area contributed by atoms with Crippen LogP contribution in [-0.4, -0.2) is 104 Å². The molecule has 9 unspecified atom stereocenters. The molecule has 0 aliphatic rings. The van der Waals surface area contributed by atoms with E-state index in [9.17, 15) is 89.1 Å². The van der Waals surface area contributed by atoms with E-state index in [2.05, 4.69) is 0 Å². The zero-order valence-corrected chi connectivity index (χ0v) is 28.0. The summed E-state index contributed by atoms with van der Waals surface area (Å²) in [5, 5.41) is 86.6. The molecule has 0 saturated heterocycles. The summed E-state index contributed by atoms with van der Waals surface area (Å²) in [6.45, 7) is 1.48. The molecule has 0 rings (SSSR count). The van der Waals surface area contributed by atoms with E-state index in [1.807, 2.05) is 0 Å². The number of rotatable bonds is 27. The number of carbonyl (C=O) groups is 9. The van der Waals surface area contributed by atoms with Gasteiger partial charge in [0.2, 0.25) is 0 Å². The lowest BCUT2D eigenvalue weighted by molar-refractivity contribution is -0.151. The van der Waals surface area contributed by atoms with Gasteiger partial charge in [-0.05, 0) is 57.8 Å². The largest absolute Gasteiger partial charge is 0.481 e. The molecule has 0 aliphatic heterocycles. The average molecular weight is 805 g/mol. The number of hydrogen-bond acceptors (Lipinski definition) is 9. The standard InChI is InChI=1S/C29H41IO18/c1-2-12(21(31)32)3-13(22(33)34)4-14(23(35)36)5-15(24(37)38)6-16(25(39)40)7-17(26(41)42)8-18(27(43)44)9-19(28(45)46)10-20(11-30)29(47)48/h12-20H,2-11H2,1H3,(H,31,32)(H,33,34)(H,35,36)(H,37,38)(H,39,40)(H,41,42)(H,43,44)(H,45,46)(H,47,48). The Balaban J connectivity index is 6.15. The molecular weight excluding hydrogens is 763 g/mol. The molecule has 0 amide bonds. The third-order valence-electron chi connectivity index (χ3n) is 8.37. The highest BCUT2D eigenvalue weighted by atomic mass is 127. The molecule has 9 atom stereocenters. The maximum Gasteiger partial charge on any atom is 0.307 e. The van der Waals surface area contributed by atoms with E-state index in [4.69, 9.17) is 0 Å². The smallest absolute Gasteiger partial charge is 0.307 e. The van der Waals surface area contributed by atoms with Crippen molar-refractivity contribution in [3.05, 3.63) is 0 Å². The van der Waals surface area contributed by atoms with Crippen LogP contribution in [-0.2, 0) is 43.2 Å². The highest BCUT2D eigenvalue weighted by Gasteiger charge is 2.39. The van der Waals surface area contributed by atoms with Gasteiger partial charge in [-0.15, -0.1) is 0 Å². The van der Waals surface area contributed by atoms with E-state index in [0.29, 0.717) is 0 Å². The van der Waals surface area contributed by atoms with Gasteiger partial charge in [-0.25, -0.2) is 0 Å². The fourth-order valence-electron chi connectivity index (χ4n) is 5.50. The van der Waals surface area contributed by atoms with E-state index in [1.165, 1.54) is 6.92 Å². The Morgan fingerprint density at radius 2 is 0.479 bits per heavy atom. The van der Waals surface area contributed by atoms with Crippen molar-refractivity contribution in [1.82, 2.24) is 0 Å². The van der Waals surface area contributed by atoms with E-state index >= 15 is 0 Å². The van der Waals surface area contributed by atoms with Crippen molar-refractivity contribution in [2.24, 2.45) is 53.3 Å². The van der Waals surface area contributed by atoms with Gasteiger partial charge in [-0.3, -0.25) is 43.2 Å². The van der Waals surface area contributed by atoms with Gasteiger partial charge in [0.05, 0.1) is 53.3 Å². The molecule has 19 heteroatoms. The molecule has 0 radical (unpaired) electrons. The van der Waals surface area contributed by atoms with Gasteiger partial charge in [-0.1, -0.05) is 29.5 Å². The number of carboxylic acid groups (broad SMARTS) is 9. The van der Waals surface area contributed by atoms with Crippen molar-refractivity contribution in [2.75, 3.05) is 4.43 Å². The summed E-state index contributed by atoms with van der Waals surface area (Å²) < 4.78 is -0.00130. The van der Waals surface area contributed by atoms with Crippen LogP contribution in [0.2, 0.25) is 0 Å². The predicted molar refractivity (Wildman–Crippen MR) is 166 cm³/mol. The summed E-state index contributed by atoms with van der Waals surface area (Å²) in [6, 6.07) is 0. The van der Waals surface area contributed by atoms with Crippen molar-refractivity contribution in [1.29, 1.82) is 0 Å². The second kappa shape index (κ2) is 21.0. The second-order valence-electron chi connectivity index (χ2n) is 11.8. The fraction of sp³-hybridized carbons (Fsp3) is 0.690. The molecular formula is C29H41IO18. The van der Waals surface area contributed by atoms with Gasteiger partial charge in [0.25, 0.3) is 0 Å². The molecule has 18 nitrogen and oxygen atoms in total. The normalized spacial score (nSPS) is 16.9. The van der Waals surface area contributed by atoms with Gasteiger partial charge in [0, 0.05) is 4.43 Å². The van der Waals surface area contributed by atoms with E-state index < -0.39 is 158 Å². The van der Waals surface area contributed by atoms with Gasteiger partial charge >= 0.3 is 53.7 Å². The van der Waals surface area contributed by atoms with Crippen molar-refractivity contribution >= 4 is 76.3 Å². The average Bonchev–Trinajstić information content (AvgIpc) is 2.96. The first-order valence-corrected chi connectivity index (χ1v) is 16.3. The summed E-state index contributed by atoms with van der Waals surface area (Å²) in [6.07, 6.45) is -5.52. The number of carboxylic acids is 9. The third-order valence-corrected chi connectivity index (χ3v) is 9.44. The Bertz CT molecular complexity index is 1120. The Morgan fingerprint density at radius 1 is 0.333 bits per heavy atom. The molecule has 0 spiro atoms. The summed E-state index contributed by atoms with van der Waals surface area (Å²) in [5.74, 6) is -27.9. The summed E-state index contributed by atoms with van der Waals surface area (Å²) in [7, 11) is 0. The van der Waals surface area contributed by atoms with Crippen LogP contribution in [0, 0.1) is 53.3 Å². The Hall–Kier alpha value is -4.04. The second-order valence-corrected chi connectivity index (χ2v) is 12.6. The van der Waals surface area contributed by atoms with Crippen LogP contribution in [0.5, 0.6) is 0 Å². The summed E-state index contributed by atoms with van der Waals surface area (Å²) in [5.41, 5.74) is 0. The first kappa shape index (κ1) is 44.0. The highest BCUT2D eigenvalue weighted by molar-refractivity contribution is 14.1. The monoisotopic (exact) mass is 804 g/mol. The molecule has 0 heterocycles. The van der Waals surface area contributed by atoms with Crippen LogP contribution in [0.25, 0.3) is 0 Å².